The molecule has 0 aliphatic carbocycles. The van der Waals surface area contributed by atoms with E-state index in [1.165, 1.54) is 19.3 Å². The molecule has 0 aliphatic heterocycles. The van der Waals surface area contributed by atoms with Crippen LogP contribution in [0.5, 0.6) is 0 Å². The van der Waals surface area contributed by atoms with Gasteiger partial charge in [0.1, 0.15) is 11.8 Å². The summed E-state index contributed by atoms with van der Waals surface area (Å²) in [5.74, 6) is 0.601. The largest absolute Gasteiger partial charge is 0.467 e. The second kappa shape index (κ2) is 11.7. The van der Waals surface area contributed by atoms with E-state index in [1.54, 1.807) is 12.3 Å². The molecule has 5 heteroatoms. The third-order valence-corrected chi connectivity index (χ3v) is 4.34. The Kier molecular flexibility index (Phi) is 9.89. The maximum Gasteiger partial charge on any atom is 0.243 e. The van der Waals surface area contributed by atoms with Crippen molar-refractivity contribution in [3.8, 4) is 0 Å². The van der Waals surface area contributed by atoms with E-state index in [2.05, 4.69) is 17.6 Å². The zero-order valence-electron chi connectivity index (χ0n) is 15.3. The maximum atomic E-state index is 12.4. The smallest absolute Gasteiger partial charge is 0.243 e. The van der Waals surface area contributed by atoms with Gasteiger partial charge >= 0.3 is 0 Å². The van der Waals surface area contributed by atoms with E-state index in [-0.39, 0.29) is 17.7 Å². The SMILES string of the molecule is CCCCCCCC(=O)NC(C(=O)NCc1ccco1)C(C)CC. The van der Waals surface area contributed by atoms with Crippen molar-refractivity contribution in [3.05, 3.63) is 24.2 Å². The summed E-state index contributed by atoms with van der Waals surface area (Å²) in [5, 5.41) is 5.75. The van der Waals surface area contributed by atoms with Gasteiger partial charge in [-0.15, -0.1) is 0 Å². The minimum Gasteiger partial charge on any atom is -0.467 e. The van der Waals surface area contributed by atoms with Crippen LogP contribution in [0.1, 0.15) is 71.5 Å². The van der Waals surface area contributed by atoms with Crippen LogP contribution in [0.25, 0.3) is 0 Å². The van der Waals surface area contributed by atoms with Crippen LogP contribution in [0.2, 0.25) is 0 Å². The molecule has 2 N–H and O–H groups in total. The van der Waals surface area contributed by atoms with Gasteiger partial charge in [-0.05, 0) is 24.5 Å². The first-order valence-electron chi connectivity index (χ1n) is 9.17. The Hall–Kier alpha value is -1.78. The molecule has 0 aliphatic rings. The van der Waals surface area contributed by atoms with Gasteiger partial charge in [0.2, 0.25) is 11.8 Å². The highest BCUT2D eigenvalue weighted by Crippen LogP contribution is 2.10. The van der Waals surface area contributed by atoms with Gasteiger partial charge in [0, 0.05) is 6.42 Å². The molecule has 24 heavy (non-hydrogen) atoms. The number of carbonyl (C=O) groups is 2. The number of unbranched alkanes of at least 4 members (excludes halogenated alkanes) is 4. The number of hydrogen-bond acceptors (Lipinski definition) is 3. The Bertz CT molecular complexity index is 471. The highest BCUT2D eigenvalue weighted by atomic mass is 16.3. The highest BCUT2D eigenvalue weighted by molar-refractivity contribution is 5.87. The van der Waals surface area contributed by atoms with E-state index in [4.69, 9.17) is 4.42 Å². The molecule has 2 amide bonds. The van der Waals surface area contributed by atoms with Crippen molar-refractivity contribution >= 4 is 11.8 Å². The van der Waals surface area contributed by atoms with Crippen molar-refractivity contribution in [2.45, 2.75) is 78.3 Å². The summed E-state index contributed by atoms with van der Waals surface area (Å²) >= 11 is 0. The van der Waals surface area contributed by atoms with E-state index >= 15 is 0 Å². The normalized spacial score (nSPS) is 13.3. The molecule has 0 bridgehead atoms. The van der Waals surface area contributed by atoms with Crippen LogP contribution < -0.4 is 10.6 Å². The first kappa shape index (κ1) is 20.3. The van der Waals surface area contributed by atoms with E-state index < -0.39 is 6.04 Å². The molecule has 0 fully saturated rings. The fraction of sp³-hybridized carbons (Fsp3) is 0.684. The maximum absolute atomic E-state index is 12.4. The van der Waals surface area contributed by atoms with Crippen molar-refractivity contribution in [2.75, 3.05) is 0 Å². The highest BCUT2D eigenvalue weighted by Gasteiger charge is 2.25. The number of carbonyl (C=O) groups excluding carboxylic acids is 2. The molecular formula is C19H32N2O3. The molecule has 1 rings (SSSR count). The second-order valence-electron chi connectivity index (χ2n) is 6.39. The zero-order chi connectivity index (χ0) is 17.8. The molecular weight excluding hydrogens is 304 g/mol. The van der Waals surface area contributed by atoms with Gasteiger partial charge in [0.25, 0.3) is 0 Å². The van der Waals surface area contributed by atoms with Gasteiger partial charge in [0.05, 0.1) is 12.8 Å². The number of amides is 2. The molecule has 2 atom stereocenters. The number of furan rings is 1. The molecule has 1 aromatic heterocycles. The van der Waals surface area contributed by atoms with Crippen LogP contribution in [0, 0.1) is 5.92 Å². The first-order chi connectivity index (χ1) is 11.6. The topological polar surface area (TPSA) is 71.3 Å². The number of rotatable bonds is 12. The van der Waals surface area contributed by atoms with Crippen molar-refractivity contribution in [3.63, 3.8) is 0 Å². The average molecular weight is 336 g/mol. The molecule has 1 aromatic rings. The Balaban J connectivity index is 2.42. The summed E-state index contributed by atoms with van der Waals surface area (Å²) in [5.41, 5.74) is 0. The van der Waals surface area contributed by atoms with Crippen LogP contribution in [0.3, 0.4) is 0 Å². The second-order valence-corrected chi connectivity index (χ2v) is 6.39. The van der Waals surface area contributed by atoms with E-state index in [1.807, 2.05) is 19.9 Å². The number of hydrogen-bond donors (Lipinski definition) is 2. The monoisotopic (exact) mass is 336 g/mol. The van der Waals surface area contributed by atoms with Gasteiger partial charge in [0.15, 0.2) is 0 Å². The Morgan fingerprint density at radius 3 is 2.54 bits per heavy atom. The van der Waals surface area contributed by atoms with Crippen LogP contribution >= 0.6 is 0 Å². The molecule has 0 saturated carbocycles. The van der Waals surface area contributed by atoms with Gasteiger partial charge in [-0.1, -0.05) is 52.9 Å². The fourth-order valence-corrected chi connectivity index (χ4v) is 2.53. The lowest BCUT2D eigenvalue weighted by atomic mass is 9.98. The standard InChI is InChI=1S/C19H32N2O3/c1-4-6-7-8-9-12-17(22)21-18(15(3)5-2)19(23)20-14-16-11-10-13-24-16/h10-11,13,15,18H,4-9,12,14H2,1-3H3,(H,20,23)(H,21,22). The number of nitrogens with one attached hydrogen (secondary N) is 2. The quantitative estimate of drug-likeness (QED) is 0.571. The van der Waals surface area contributed by atoms with Gasteiger partial charge in [-0.3, -0.25) is 9.59 Å². The lowest BCUT2D eigenvalue weighted by Crippen LogP contribution is -2.50. The van der Waals surface area contributed by atoms with Crippen LogP contribution in [-0.2, 0) is 16.1 Å². The lowest BCUT2D eigenvalue weighted by Gasteiger charge is -2.23. The Labute approximate surface area is 145 Å². The first-order valence-corrected chi connectivity index (χ1v) is 9.17. The summed E-state index contributed by atoms with van der Waals surface area (Å²) in [6.45, 7) is 6.52. The lowest BCUT2D eigenvalue weighted by molar-refractivity contribution is -0.130. The van der Waals surface area contributed by atoms with Gasteiger partial charge < -0.3 is 15.1 Å². The average Bonchev–Trinajstić information content (AvgIpc) is 3.10. The van der Waals surface area contributed by atoms with E-state index in [9.17, 15) is 9.59 Å². The molecule has 5 nitrogen and oxygen atoms in total. The van der Waals surface area contributed by atoms with Crippen LogP contribution in [0.15, 0.2) is 22.8 Å². The van der Waals surface area contributed by atoms with Crippen LogP contribution in [0.4, 0.5) is 0 Å². The summed E-state index contributed by atoms with van der Waals surface area (Å²) < 4.78 is 5.21. The molecule has 136 valence electrons. The summed E-state index contributed by atoms with van der Waals surface area (Å²) in [4.78, 5) is 24.6. The minimum atomic E-state index is -0.492. The fourth-order valence-electron chi connectivity index (χ4n) is 2.53. The zero-order valence-corrected chi connectivity index (χ0v) is 15.3. The Morgan fingerprint density at radius 2 is 1.92 bits per heavy atom. The molecule has 1 heterocycles. The third kappa shape index (κ3) is 7.66. The Morgan fingerprint density at radius 1 is 1.17 bits per heavy atom. The molecule has 0 spiro atoms. The van der Waals surface area contributed by atoms with Gasteiger partial charge in [-0.25, -0.2) is 0 Å². The minimum absolute atomic E-state index is 0.0371. The molecule has 0 radical (unpaired) electrons. The van der Waals surface area contributed by atoms with Crippen LogP contribution in [-0.4, -0.2) is 17.9 Å². The summed E-state index contributed by atoms with van der Waals surface area (Å²) in [6, 6.07) is 3.11. The van der Waals surface area contributed by atoms with Crippen molar-refractivity contribution < 1.29 is 14.0 Å². The molecule has 0 aromatic carbocycles. The molecule has 0 saturated heterocycles. The van der Waals surface area contributed by atoms with Crippen molar-refractivity contribution in [1.82, 2.24) is 10.6 Å². The predicted octanol–water partition coefficient (Wildman–Crippen LogP) is 3.79. The molecule has 2 unspecified atom stereocenters. The summed E-state index contributed by atoms with van der Waals surface area (Å²) in [6.07, 6.45) is 8.42. The summed E-state index contributed by atoms with van der Waals surface area (Å²) in [7, 11) is 0. The van der Waals surface area contributed by atoms with Gasteiger partial charge in [-0.2, -0.15) is 0 Å². The van der Waals surface area contributed by atoms with Crippen molar-refractivity contribution in [2.24, 2.45) is 5.92 Å². The van der Waals surface area contributed by atoms with Crippen molar-refractivity contribution in [1.29, 1.82) is 0 Å². The van der Waals surface area contributed by atoms with E-state index in [0.29, 0.717) is 18.7 Å². The van der Waals surface area contributed by atoms with E-state index in [0.717, 1.165) is 19.3 Å². The third-order valence-electron chi connectivity index (χ3n) is 4.34. The predicted molar refractivity (Wildman–Crippen MR) is 95.3 cm³/mol.